The normalized spacial score (nSPS) is 10.9. The molecular weight excluding hydrogens is 323 g/mol. The molecule has 4 rings (SSSR count). The molecule has 0 atom stereocenters. The van der Waals surface area contributed by atoms with E-state index >= 15 is 0 Å². The second-order valence-electron chi connectivity index (χ2n) is 5.49. The van der Waals surface area contributed by atoms with Crippen molar-refractivity contribution in [2.75, 3.05) is 0 Å². The molecule has 3 aromatic heterocycles. The summed E-state index contributed by atoms with van der Waals surface area (Å²) >= 11 is 0. The highest BCUT2D eigenvalue weighted by atomic mass is 19.1. The quantitative estimate of drug-likeness (QED) is 0.622. The van der Waals surface area contributed by atoms with Crippen LogP contribution in [0, 0.1) is 5.82 Å². The molecule has 1 aromatic carbocycles. The number of hydrogen-bond donors (Lipinski definition) is 1. The lowest BCUT2D eigenvalue weighted by Crippen LogP contribution is -2.23. The van der Waals surface area contributed by atoms with Gasteiger partial charge >= 0.3 is 0 Å². The molecule has 124 valence electrons. The van der Waals surface area contributed by atoms with Crippen molar-refractivity contribution < 1.29 is 13.6 Å². The maximum absolute atomic E-state index is 12.9. The molecule has 7 heteroatoms. The summed E-state index contributed by atoms with van der Waals surface area (Å²) in [6.45, 7) is 0.313. The Hall–Kier alpha value is -3.48. The molecule has 3 heterocycles. The summed E-state index contributed by atoms with van der Waals surface area (Å²) in [5.74, 6) is 0.0508. The molecule has 6 nitrogen and oxygen atoms in total. The zero-order valence-corrected chi connectivity index (χ0v) is 13.0. The van der Waals surface area contributed by atoms with Gasteiger partial charge in [-0.25, -0.2) is 4.39 Å². The van der Waals surface area contributed by atoms with Crippen LogP contribution >= 0.6 is 0 Å². The van der Waals surface area contributed by atoms with Crippen molar-refractivity contribution in [3.8, 4) is 11.4 Å². The Morgan fingerprint density at radius 2 is 1.96 bits per heavy atom. The number of rotatable bonds is 4. The van der Waals surface area contributed by atoms with Gasteiger partial charge in [-0.2, -0.15) is 0 Å². The average Bonchev–Trinajstić information content (AvgIpc) is 3.29. The van der Waals surface area contributed by atoms with Crippen molar-refractivity contribution in [2.45, 2.75) is 6.54 Å². The van der Waals surface area contributed by atoms with Crippen molar-refractivity contribution >= 4 is 11.6 Å². The molecule has 0 unspecified atom stereocenters. The van der Waals surface area contributed by atoms with E-state index in [1.807, 2.05) is 0 Å². The Morgan fingerprint density at radius 3 is 2.72 bits per heavy atom. The van der Waals surface area contributed by atoms with Gasteiger partial charge in [0.25, 0.3) is 5.91 Å². The molecular formula is C18H13FN4O2. The Kier molecular flexibility index (Phi) is 3.74. The number of furan rings is 1. The van der Waals surface area contributed by atoms with Crippen LogP contribution < -0.4 is 5.32 Å². The van der Waals surface area contributed by atoms with Crippen LogP contribution in [0.1, 0.15) is 15.9 Å². The molecule has 0 bridgehead atoms. The van der Waals surface area contributed by atoms with Crippen LogP contribution in [-0.4, -0.2) is 20.5 Å². The van der Waals surface area contributed by atoms with E-state index in [4.69, 9.17) is 4.42 Å². The molecule has 0 aliphatic heterocycles. The molecule has 0 aliphatic carbocycles. The molecule has 25 heavy (non-hydrogen) atoms. The molecule has 0 saturated heterocycles. The minimum absolute atomic E-state index is 0.238. The summed E-state index contributed by atoms with van der Waals surface area (Å²) in [7, 11) is 0. The lowest BCUT2D eigenvalue weighted by atomic mass is 10.2. The van der Waals surface area contributed by atoms with Crippen LogP contribution in [0.2, 0.25) is 0 Å². The van der Waals surface area contributed by atoms with E-state index in [0.29, 0.717) is 23.6 Å². The van der Waals surface area contributed by atoms with Crippen molar-refractivity contribution in [3.05, 3.63) is 78.1 Å². The summed E-state index contributed by atoms with van der Waals surface area (Å²) < 4.78 is 19.7. The first-order valence-electron chi connectivity index (χ1n) is 7.61. The number of benzene rings is 1. The van der Waals surface area contributed by atoms with Crippen LogP contribution in [0.3, 0.4) is 0 Å². The third-order valence-electron chi connectivity index (χ3n) is 3.81. The number of amides is 1. The number of carbonyl (C=O) groups is 1. The van der Waals surface area contributed by atoms with E-state index < -0.39 is 0 Å². The predicted molar refractivity (Wildman–Crippen MR) is 88.3 cm³/mol. The molecule has 0 aliphatic rings. The Balaban J connectivity index is 1.57. The summed E-state index contributed by atoms with van der Waals surface area (Å²) in [6, 6.07) is 11.2. The predicted octanol–water partition coefficient (Wildman–Crippen LogP) is 3.06. The van der Waals surface area contributed by atoms with E-state index in [0.717, 1.165) is 11.1 Å². The third-order valence-corrected chi connectivity index (χ3v) is 3.81. The van der Waals surface area contributed by atoms with E-state index in [1.54, 1.807) is 53.5 Å². The Labute approximate surface area is 141 Å². The maximum Gasteiger partial charge on any atom is 0.253 e. The first-order chi connectivity index (χ1) is 12.2. The zero-order valence-electron chi connectivity index (χ0n) is 13.0. The molecule has 4 aromatic rings. The minimum Gasteiger partial charge on any atom is -0.472 e. The van der Waals surface area contributed by atoms with Crippen LogP contribution in [0.4, 0.5) is 4.39 Å². The average molecular weight is 336 g/mol. The number of pyridine rings is 1. The standard InChI is InChI=1S/C18H13FN4O2/c19-15-4-1-12(2-5-15)9-20-18(24)13-3-6-16-21-22-17(23(16)10-13)14-7-8-25-11-14/h1-8,10-11H,9H2,(H,20,24). The number of halogens is 1. The fourth-order valence-electron chi connectivity index (χ4n) is 2.50. The smallest absolute Gasteiger partial charge is 0.253 e. The SMILES string of the molecule is O=C(NCc1ccc(F)cc1)c1ccc2nnc(-c3ccoc3)n2c1. The van der Waals surface area contributed by atoms with Crippen LogP contribution in [0.5, 0.6) is 0 Å². The van der Waals surface area contributed by atoms with Gasteiger partial charge in [-0.05, 0) is 35.9 Å². The summed E-state index contributed by atoms with van der Waals surface area (Å²) in [5.41, 5.74) is 2.70. The van der Waals surface area contributed by atoms with Crippen LogP contribution in [0.25, 0.3) is 17.0 Å². The topological polar surface area (TPSA) is 72.4 Å². The summed E-state index contributed by atoms with van der Waals surface area (Å²) in [4.78, 5) is 12.4. The molecule has 0 fully saturated rings. The van der Waals surface area contributed by atoms with Crippen LogP contribution in [0.15, 0.2) is 65.6 Å². The minimum atomic E-state index is -0.306. The number of aromatic nitrogens is 3. The van der Waals surface area contributed by atoms with E-state index in [1.165, 1.54) is 12.1 Å². The zero-order chi connectivity index (χ0) is 17.2. The fraction of sp³-hybridized carbons (Fsp3) is 0.0556. The number of fused-ring (bicyclic) bond motifs is 1. The molecule has 1 N–H and O–H groups in total. The summed E-state index contributed by atoms with van der Waals surface area (Å²) in [5, 5.41) is 11.0. The fourth-order valence-corrected chi connectivity index (χ4v) is 2.50. The second-order valence-corrected chi connectivity index (χ2v) is 5.49. The maximum atomic E-state index is 12.9. The van der Waals surface area contributed by atoms with Gasteiger partial charge in [-0.3, -0.25) is 9.20 Å². The van der Waals surface area contributed by atoms with Gasteiger partial charge in [-0.1, -0.05) is 12.1 Å². The first kappa shape index (κ1) is 15.1. The highest BCUT2D eigenvalue weighted by Crippen LogP contribution is 2.19. The van der Waals surface area contributed by atoms with Gasteiger partial charge in [0.2, 0.25) is 0 Å². The number of nitrogens with zero attached hydrogens (tertiary/aromatic N) is 3. The third kappa shape index (κ3) is 2.99. The van der Waals surface area contributed by atoms with Gasteiger partial charge in [0, 0.05) is 12.7 Å². The number of nitrogens with one attached hydrogen (secondary N) is 1. The molecule has 0 saturated carbocycles. The summed E-state index contributed by atoms with van der Waals surface area (Å²) in [6.07, 6.45) is 4.80. The van der Waals surface area contributed by atoms with Gasteiger partial charge < -0.3 is 9.73 Å². The first-order valence-corrected chi connectivity index (χ1v) is 7.61. The van der Waals surface area contributed by atoms with E-state index in [2.05, 4.69) is 15.5 Å². The Bertz CT molecular complexity index is 1020. The lowest BCUT2D eigenvalue weighted by molar-refractivity contribution is 0.0950. The van der Waals surface area contributed by atoms with Gasteiger partial charge in [0.1, 0.15) is 12.1 Å². The highest BCUT2D eigenvalue weighted by Gasteiger charge is 2.12. The van der Waals surface area contributed by atoms with Gasteiger partial charge in [0.05, 0.1) is 17.4 Å². The highest BCUT2D eigenvalue weighted by molar-refractivity contribution is 5.94. The molecule has 0 radical (unpaired) electrons. The van der Waals surface area contributed by atoms with E-state index in [-0.39, 0.29) is 11.7 Å². The number of carbonyl (C=O) groups excluding carboxylic acids is 1. The van der Waals surface area contributed by atoms with Crippen LogP contribution in [-0.2, 0) is 6.54 Å². The van der Waals surface area contributed by atoms with Crippen molar-refractivity contribution in [1.82, 2.24) is 19.9 Å². The van der Waals surface area contributed by atoms with Crippen molar-refractivity contribution in [1.29, 1.82) is 0 Å². The Morgan fingerprint density at radius 1 is 1.12 bits per heavy atom. The van der Waals surface area contributed by atoms with Crippen molar-refractivity contribution in [3.63, 3.8) is 0 Å². The molecule has 0 spiro atoms. The lowest BCUT2D eigenvalue weighted by Gasteiger charge is -2.06. The molecule has 1 amide bonds. The van der Waals surface area contributed by atoms with Gasteiger partial charge in [-0.15, -0.1) is 10.2 Å². The van der Waals surface area contributed by atoms with E-state index in [9.17, 15) is 9.18 Å². The van der Waals surface area contributed by atoms with Crippen molar-refractivity contribution in [2.24, 2.45) is 0 Å². The number of hydrogen-bond acceptors (Lipinski definition) is 4. The van der Waals surface area contributed by atoms with Gasteiger partial charge in [0.15, 0.2) is 11.5 Å². The largest absolute Gasteiger partial charge is 0.472 e. The monoisotopic (exact) mass is 336 g/mol. The second kappa shape index (κ2) is 6.20.